The molecule has 1 aliphatic rings. The summed E-state index contributed by atoms with van der Waals surface area (Å²) >= 11 is 2.07. The first-order valence-electron chi connectivity index (χ1n) is 5.62. The summed E-state index contributed by atoms with van der Waals surface area (Å²) in [5, 5.41) is 7.78. The lowest BCUT2D eigenvalue weighted by Crippen LogP contribution is -2.24. The second-order valence-corrected chi connectivity index (χ2v) is 5.17. The molecule has 1 saturated heterocycles. The molecule has 0 bridgehead atoms. The van der Waals surface area contributed by atoms with Crippen LogP contribution in [0.5, 0.6) is 0 Å². The highest BCUT2D eigenvalue weighted by molar-refractivity contribution is 7.99. The molecule has 0 saturated carbocycles. The molecule has 2 rings (SSSR count). The van der Waals surface area contributed by atoms with Crippen molar-refractivity contribution in [3.8, 4) is 0 Å². The van der Waals surface area contributed by atoms with Crippen LogP contribution in [-0.2, 0) is 6.54 Å². The van der Waals surface area contributed by atoms with E-state index in [9.17, 15) is 0 Å². The van der Waals surface area contributed by atoms with Gasteiger partial charge in [0.25, 0.3) is 0 Å². The summed E-state index contributed by atoms with van der Waals surface area (Å²) in [5.41, 5.74) is 1.34. The van der Waals surface area contributed by atoms with Crippen LogP contribution in [0.4, 0.5) is 0 Å². The van der Waals surface area contributed by atoms with Crippen LogP contribution in [-0.4, -0.2) is 28.3 Å². The maximum absolute atomic E-state index is 4.34. The summed E-state index contributed by atoms with van der Waals surface area (Å²) in [5.74, 6) is 3.36. The Hall–Kier alpha value is -0.480. The third kappa shape index (κ3) is 2.37. The van der Waals surface area contributed by atoms with E-state index in [1.54, 1.807) is 0 Å². The second-order valence-electron chi connectivity index (χ2n) is 4.02. The van der Waals surface area contributed by atoms with E-state index in [1.807, 2.05) is 10.9 Å². The van der Waals surface area contributed by atoms with Gasteiger partial charge in [0, 0.05) is 24.3 Å². The fraction of sp³-hybridized carbons (Fsp3) is 0.727. The van der Waals surface area contributed by atoms with Crippen molar-refractivity contribution in [2.75, 3.05) is 18.6 Å². The van der Waals surface area contributed by atoms with Gasteiger partial charge >= 0.3 is 0 Å². The average Bonchev–Trinajstić information content (AvgIpc) is 2.89. The third-order valence-electron chi connectivity index (χ3n) is 3.08. The summed E-state index contributed by atoms with van der Waals surface area (Å²) in [4.78, 5) is 0. The number of thioether (sulfide) groups is 1. The van der Waals surface area contributed by atoms with Gasteiger partial charge in [0.15, 0.2) is 0 Å². The van der Waals surface area contributed by atoms with Crippen LogP contribution in [0.15, 0.2) is 12.4 Å². The van der Waals surface area contributed by atoms with Crippen molar-refractivity contribution >= 4 is 11.8 Å². The van der Waals surface area contributed by atoms with E-state index in [4.69, 9.17) is 0 Å². The van der Waals surface area contributed by atoms with Crippen LogP contribution in [0, 0.1) is 5.92 Å². The van der Waals surface area contributed by atoms with Gasteiger partial charge in [-0.2, -0.15) is 16.9 Å². The van der Waals surface area contributed by atoms with Crippen molar-refractivity contribution in [3.63, 3.8) is 0 Å². The minimum Gasteiger partial charge on any atom is -0.313 e. The Kier molecular flexibility index (Phi) is 3.70. The van der Waals surface area contributed by atoms with Gasteiger partial charge in [0.2, 0.25) is 0 Å². The fourth-order valence-electron chi connectivity index (χ4n) is 2.20. The predicted molar refractivity (Wildman–Crippen MR) is 65.1 cm³/mol. The molecule has 84 valence electrons. The van der Waals surface area contributed by atoms with Crippen molar-refractivity contribution < 1.29 is 0 Å². The molecule has 0 amide bonds. The smallest absolute Gasteiger partial charge is 0.0537 e. The molecule has 1 fully saturated rings. The summed E-state index contributed by atoms with van der Waals surface area (Å²) < 4.78 is 2.00. The molecule has 0 aromatic carbocycles. The van der Waals surface area contributed by atoms with Crippen LogP contribution in [0.3, 0.4) is 0 Å². The molecule has 1 aliphatic heterocycles. The van der Waals surface area contributed by atoms with Crippen LogP contribution >= 0.6 is 11.8 Å². The monoisotopic (exact) mass is 225 g/mol. The number of nitrogens with one attached hydrogen (secondary N) is 1. The minimum atomic E-state index is 0.486. The van der Waals surface area contributed by atoms with Crippen molar-refractivity contribution in [1.29, 1.82) is 0 Å². The Balaban J connectivity index is 2.10. The van der Waals surface area contributed by atoms with E-state index in [-0.39, 0.29) is 0 Å². The highest BCUT2D eigenvalue weighted by atomic mass is 32.2. The van der Waals surface area contributed by atoms with E-state index >= 15 is 0 Å². The summed E-state index contributed by atoms with van der Waals surface area (Å²) in [7, 11) is 2.05. The standard InChI is InChI=1S/C11H19N3S/c1-3-14-7-10(6-13-14)11(12-2)9-4-5-15-8-9/h6-7,9,11-12H,3-5,8H2,1-2H3. The van der Waals surface area contributed by atoms with Gasteiger partial charge in [-0.1, -0.05) is 0 Å². The lowest BCUT2D eigenvalue weighted by molar-refractivity contribution is 0.419. The van der Waals surface area contributed by atoms with Gasteiger partial charge < -0.3 is 5.32 Å². The van der Waals surface area contributed by atoms with Crippen molar-refractivity contribution in [2.24, 2.45) is 5.92 Å². The van der Waals surface area contributed by atoms with Gasteiger partial charge in [0.05, 0.1) is 6.20 Å². The normalized spacial score (nSPS) is 23.2. The molecule has 1 aromatic rings. The van der Waals surface area contributed by atoms with Gasteiger partial charge in [-0.15, -0.1) is 0 Å². The Morgan fingerprint density at radius 2 is 2.60 bits per heavy atom. The fourth-order valence-corrected chi connectivity index (χ4v) is 3.50. The molecule has 0 radical (unpaired) electrons. The van der Waals surface area contributed by atoms with Gasteiger partial charge in [-0.3, -0.25) is 4.68 Å². The van der Waals surface area contributed by atoms with E-state index < -0.39 is 0 Å². The number of aryl methyl sites for hydroxylation is 1. The summed E-state index contributed by atoms with van der Waals surface area (Å²) in [6, 6.07) is 0.486. The number of hydrogen-bond acceptors (Lipinski definition) is 3. The zero-order valence-corrected chi connectivity index (χ0v) is 10.3. The maximum Gasteiger partial charge on any atom is 0.0537 e. The topological polar surface area (TPSA) is 29.9 Å². The van der Waals surface area contributed by atoms with E-state index in [0.29, 0.717) is 6.04 Å². The highest BCUT2D eigenvalue weighted by Gasteiger charge is 2.26. The van der Waals surface area contributed by atoms with Crippen LogP contribution in [0.2, 0.25) is 0 Å². The Labute approximate surface area is 95.6 Å². The van der Waals surface area contributed by atoms with Gasteiger partial charge in [-0.25, -0.2) is 0 Å². The molecule has 4 heteroatoms. The molecule has 2 unspecified atom stereocenters. The first-order chi connectivity index (χ1) is 7.35. The molecule has 2 heterocycles. The average molecular weight is 225 g/mol. The Bertz CT molecular complexity index is 305. The van der Waals surface area contributed by atoms with Gasteiger partial charge in [-0.05, 0) is 37.8 Å². The van der Waals surface area contributed by atoms with E-state index in [0.717, 1.165) is 12.5 Å². The number of hydrogen-bond donors (Lipinski definition) is 1. The molecule has 0 spiro atoms. The lowest BCUT2D eigenvalue weighted by Gasteiger charge is -2.20. The van der Waals surface area contributed by atoms with E-state index in [1.165, 1.54) is 23.5 Å². The maximum atomic E-state index is 4.34. The largest absolute Gasteiger partial charge is 0.313 e. The summed E-state index contributed by atoms with van der Waals surface area (Å²) in [6.45, 7) is 3.08. The lowest BCUT2D eigenvalue weighted by atomic mass is 9.95. The minimum absolute atomic E-state index is 0.486. The van der Waals surface area contributed by atoms with Crippen LogP contribution in [0.1, 0.15) is 24.9 Å². The zero-order chi connectivity index (χ0) is 10.7. The molecule has 15 heavy (non-hydrogen) atoms. The van der Waals surface area contributed by atoms with E-state index in [2.05, 4.69) is 42.3 Å². The number of rotatable bonds is 4. The van der Waals surface area contributed by atoms with Crippen molar-refractivity contribution in [3.05, 3.63) is 18.0 Å². The Morgan fingerprint density at radius 3 is 3.13 bits per heavy atom. The molecular formula is C11H19N3S. The molecule has 2 atom stereocenters. The number of nitrogens with zero attached hydrogens (tertiary/aromatic N) is 2. The molecule has 3 nitrogen and oxygen atoms in total. The van der Waals surface area contributed by atoms with Crippen molar-refractivity contribution in [1.82, 2.24) is 15.1 Å². The summed E-state index contributed by atoms with van der Waals surface area (Å²) in [6.07, 6.45) is 5.51. The first-order valence-corrected chi connectivity index (χ1v) is 6.78. The number of aromatic nitrogens is 2. The van der Waals surface area contributed by atoms with Gasteiger partial charge in [0.1, 0.15) is 0 Å². The predicted octanol–water partition coefficient (Wildman–Crippen LogP) is 1.92. The quantitative estimate of drug-likeness (QED) is 0.849. The highest BCUT2D eigenvalue weighted by Crippen LogP contribution is 2.33. The van der Waals surface area contributed by atoms with Crippen molar-refractivity contribution in [2.45, 2.75) is 25.9 Å². The Morgan fingerprint density at radius 1 is 1.73 bits per heavy atom. The molecular weight excluding hydrogens is 206 g/mol. The molecule has 0 aliphatic carbocycles. The van der Waals surface area contributed by atoms with Crippen LogP contribution < -0.4 is 5.32 Å². The molecule has 1 aromatic heterocycles. The third-order valence-corrected chi connectivity index (χ3v) is 4.27. The SMILES string of the molecule is CCn1cc(C(NC)C2CCSC2)cn1. The second kappa shape index (κ2) is 5.03. The van der Waals surface area contributed by atoms with Crippen LogP contribution in [0.25, 0.3) is 0 Å². The first kappa shape index (κ1) is 11.0. The molecule has 1 N–H and O–H groups in total. The zero-order valence-electron chi connectivity index (χ0n) is 9.44.